The second-order valence-electron chi connectivity index (χ2n) is 3.46. The minimum absolute atomic E-state index is 0.397. The molecule has 1 aromatic rings. The van der Waals surface area contributed by atoms with Crippen molar-refractivity contribution in [2.45, 2.75) is 0 Å². The van der Waals surface area contributed by atoms with Gasteiger partial charge in [-0.1, -0.05) is 18.2 Å². The molecule has 0 saturated carbocycles. The maximum atomic E-state index is 5.34. The zero-order valence-electron chi connectivity index (χ0n) is 8.54. The number of nitrogens with two attached hydrogens (primary N) is 1. The van der Waals surface area contributed by atoms with Crippen molar-refractivity contribution in [2.75, 3.05) is 7.05 Å². The van der Waals surface area contributed by atoms with E-state index in [2.05, 4.69) is 10.1 Å². The second-order valence-corrected chi connectivity index (χ2v) is 3.46. The molecule has 1 aromatic carbocycles. The lowest BCUT2D eigenvalue weighted by Crippen LogP contribution is -2.46. The van der Waals surface area contributed by atoms with Crippen LogP contribution in [0.2, 0.25) is 0 Å². The number of hydrogen-bond acceptors (Lipinski definition) is 2. The molecule has 1 heterocycles. The Morgan fingerprint density at radius 3 is 2.67 bits per heavy atom. The first-order valence-corrected chi connectivity index (χ1v) is 4.69. The molecule has 0 bridgehead atoms. The molecule has 0 aliphatic carbocycles. The van der Waals surface area contributed by atoms with E-state index in [4.69, 9.17) is 5.84 Å². The SMILES string of the molecule is C[N+]1(c2ccccc2)C=CC=NC1=NN. The molecule has 0 spiro atoms. The molecular weight excluding hydrogens is 188 g/mol. The molecule has 2 rings (SSSR count). The van der Waals surface area contributed by atoms with Gasteiger partial charge in [-0.05, 0) is 0 Å². The van der Waals surface area contributed by atoms with Gasteiger partial charge in [0.15, 0.2) is 0 Å². The van der Waals surface area contributed by atoms with Crippen LogP contribution in [0.4, 0.5) is 5.69 Å². The summed E-state index contributed by atoms with van der Waals surface area (Å²) in [5.41, 5.74) is 1.08. The van der Waals surface area contributed by atoms with Gasteiger partial charge in [0.1, 0.15) is 11.9 Å². The first-order chi connectivity index (χ1) is 7.27. The molecule has 4 nitrogen and oxygen atoms in total. The number of rotatable bonds is 1. The van der Waals surface area contributed by atoms with E-state index in [1.807, 2.05) is 49.7 Å². The van der Waals surface area contributed by atoms with Crippen molar-refractivity contribution in [3.05, 3.63) is 42.6 Å². The fourth-order valence-electron chi connectivity index (χ4n) is 1.60. The smallest absolute Gasteiger partial charge is 0.316 e. The quantitative estimate of drug-likeness (QED) is 0.417. The van der Waals surface area contributed by atoms with Gasteiger partial charge in [-0.25, -0.2) is 4.48 Å². The standard InChI is InChI=1S/C11H13N4/c1-15(10-6-3-2-4-7-10)9-5-8-13-11(15)14-12/h2-9H,12H2,1H3/q+1. The number of allylic oxidation sites excluding steroid dienone is 1. The summed E-state index contributed by atoms with van der Waals surface area (Å²) in [5, 5.41) is 3.72. The lowest BCUT2D eigenvalue weighted by molar-refractivity contribution is 0.638. The molecule has 1 atom stereocenters. The number of benzene rings is 1. The van der Waals surface area contributed by atoms with Crippen molar-refractivity contribution in [3.8, 4) is 0 Å². The Balaban J connectivity index is 2.51. The molecule has 2 N–H and O–H groups in total. The van der Waals surface area contributed by atoms with Crippen molar-refractivity contribution in [2.24, 2.45) is 15.9 Å². The minimum atomic E-state index is 0.397. The van der Waals surface area contributed by atoms with Crippen molar-refractivity contribution < 1.29 is 0 Å². The van der Waals surface area contributed by atoms with Crippen LogP contribution in [-0.2, 0) is 0 Å². The van der Waals surface area contributed by atoms with E-state index < -0.39 is 0 Å². The number of aliphatic imine (C=N–C) groups is 1. The Labute approximate surface area is 88.6 Å². The zero-order valence-corrected chi connectivity index (χ0v) is 8.54. The highest BCUT2D eigenvalue weighted by molar-refractivity contribution is 6.01. The normalized spacial score (nSPS) is 27.1. The lowest BCUT2D eigenvalue weighted by atomic mass is 10.2. The number of guanidine groups is 1. The van der Waals surface area contributed by atoms with Gasteiger partial charge < -0.3 is 5.84 Å². The van der Waals surface area contributed by atoms with Crippen LogP contribution in [0.15, 0.2) is 52.7 Å². The van der Waals surface area contributed by atoms with Gasteiger partial charge in [0.2, 0.25) is 0 Å². The van der Waals surface area contributed by atoms with Gasteiger partial charge in [0.05, 0.1) is 7.05 Å². The van der Waals surface area contributed by atoms with Gasteiger partial charge in [0, 0.05) is 24.4 Å². The van der Waals surface area contributed by atoms with E-state index >= 15 is 0 Å². The summed E-state index contributed by atoms with van der Waals surface area (Å²) in [6, 6.07) is 10.00. The van der Waals surface area contributed by atoms with E-state index in [-0.39, 0.29) is 0 Å². The first-order valence-electron chi connectivity index (χ1n) is 4.69. The van der Waals surface area contributed by atoms with Crippen molar-refractivity contribution in [1.82, 2.24) is 4.48 Å². The third kappa shape index (κ3) is 1.55. The third-order valence-electron chi connectivity index (χ3n) is 2.48. The van der Waals surface area contributed by atoms with E-state index in [1.165, 1.54) is 0 Å². The van der Waals surface area contributed by atoms with E-state index in [1.54, 1.807) is 6.21 Å². The molecule has 0 amide bonds. The van der Waals surface area contributed by atoms with Crippen molar-refractivity contribution >= 4 is 17.9 Å². The number of quaternary nitrogens is 1. The predicted octanol–water partition coefficient (Wildman–Crippen LogP) is 1.45. The van der Waals surface area contributed by atoms with Crippen LogP contribution in [0.5, 0.6) is 0 Å². The van der Waals surface area contributed by atoms with Gasteiger partial charge in [-0.2, -0.15) is 4.99 Å². The summed E-state index contributed by atoms with van der Waals surface area (Å²) in [4.78, 5) is 4.16. The molecule has 4 heteroatoms. The van der Waals surface area contributed by atoms with Crippen LogP contribution in [0.1, 0.15) is 0 Å². The minimum Gasteiger partial charge on any atom is -0.316 e. The Morgan fingerprint density at radius 1 is 1.27 bits per heavy atom. The van der Waals surface area contributed by atoms with Crippen LogP contribution < -0.4 is 10.3 Å². The van der Waals surface area contributed by atoms with E-state index in [9.17, 15) is 0 Å². The van der Waals surface area contributed by atoms with E-state index in [0.29, 0.717) is 10.4 Å². The molecule has 0 fully saturated rings. The second kappa shape index (κ2) is 3.67. The largest absolute Gasteiger partial charge is 0.355 e. The summed E-state index contributed by atoms with van der Waals surface area (Å²) in [7, 11) is 1.99. The highest BCUT2D eigenvalue weighted by atomic mass is 15.5. The third-order valence-corrected chi connectivity index (χ3v) is 2.48. The summed E-state index contributed by atoms with van der Waals surface area (Å²) < 4.78 is 0.397. The molecule has 1 unspecified atom stereocenters. The van der Waals surface area contributed by atoms with Gasteiger partial charge in [-0.15, -0.1) is 5.10 Å². The average molecular weight is 201 g/mol. The molecule has 76 valence electrons. The van der Waals surface area contributed by atoms with Crippen molar-refractivity contribution in [3.63, 3.8) is 0 Å². The van der Waals surface area contributed by atoms with Crippen LogP contribution in [0.25, 0.3) is 0 Å². The number of hydrazone groups is 1. The van der Waals surface area contributed by atoms with Gasteiger partial charge in [0.25, 0.3) is 0 Å². The Kier molecular flexibility index (Phi) is 2.35. The fraction of sp³-hybridized carbons (Fsp3) is 0.0909. The molecule has 1 aliphatic heterocycles. The topological polar surface area (TPSA) is 50.7 Å². The summed E-state index contributed by atoms with van der Waals surface area (Å²) in [6.45, 7) is 0. The molecule has 1 aliphatic rings. The maximum Gasteiger partial charge on any atom is 0.355 e. The highest BCUT2D eigenvalue weighted by Gasteiger charge is 2.31. The number of hydrogen-bond donors (Lipinski definition) is 1. The molecule has 0 saturated heterocycles. The molecule has 0 aromatic heterocycles. The van der Waals surface area contributed by atoms with Gasteiger partial charge in [-0.3, -0.25) is 0 Å². The summed E-state index contributed by atoms with van der Waals surface area (Å²) in [5.74, 6) is 5.91. The van der Waals surface area contributed by atoms with E-state index in [0.717, 1.165) is 5.69 Å². The highest BCUT2D eigenvalue weighted by Crippen LogP contribution is 2.23. The Bertz CT molecular complexity index is 433. The molecular formula is C11H13N4+. The monoisotopic (exact) mass is 201 g/mol. The van der Waals surface area contributed by atoms with Crippen LogP contribution in [0.3, 0.4) is 0 Å². The van der Waals surface area contributed by atoms with Gasteiger partial charge >= 0.3 is 5.96 Å². The van der Waals surface area contributed by atoms with Crippen LogP contribution >= 0.6 is 0 Å². The summed E-state index contributed by atoms with van der Waals surface area (Å²) >= 11 is 0. The number of nitrogens with zero attached hydrogens (tertiary/aromatic N) is 3. The lowest BCUT2D eigenvalue weighted by Gasteiger charge is -2.28. The zero-order chi connectivity index (χ0) is 10.7. The predicted molar refractivity (Wildman–Crippen MR) is 63.4 cm³/mol. The molecule has 0 radical (unpaired) electrons. The van der Waals surface area contributed by atoms with Crippen LogP contribution in [0, 0.1) is 0 Å². The Morgan fingerprint density at radius 2 is 2.00 bits per heavy atom. The maximum absolute atomic E-state index is 5.34. The fourth-order valence-corrected chi connectivity index (χ4v) is 1.60. The van der Waals surface area contributed by atoms with Crippen molar-refractivity contribution in [1.29, 1.82) is 0 Å². The molecule has 15 heavy (non-hydrogen) atoms. The van der Waals surface area contributed by atoms with Crippen LogP contribution in [-0.4, -0.2) is 19.2 Å². The summed E-state index contributed by atoms with van der Waals surface area (Å²) in [6.07, 6.45) is 5.57. The first kappa shape index (κ1) is 9.61. The average Bonchev–Trinajstić information content (AvgIpc) is 2.31. The Hall–Kier alpha value is -1.94. The number of para-hydroxylation sites is 1.